The van der Waals surface area contributed by atoms with E-state index in [1.807, 2.05) is 13.0 Å². The lowest BCUT2D eigenvalue weighted by atomic mass is 10.1. The third-order valence-electron chi connectivity index (χ3n) is 1.74. The fraction of sp³-hybridized carbons (Fsp3) is 0.300. The largest absolute Gasteiger partial charge is 0.465 e. The van der Waals surface area contributed by atoms with Gasteiger partial charge in [-0.2, -0.15) is 0 Å². The third-order valence-corrected chi connectivity index (χ3v) is 1.74. The highest BCUT2D eigenvalue weighted by molar-refractivity contribution is 5.90. The van der Waals surface area contributed by atoms with Crippen molar-refractivity contribution in [1.29, 1.82) is 0 Å². The Bertz CT molecular complexity index is 279. The summed E-state index contributed by atoms with van der Waals surface area (Å²) in [6.07, 6.45) is 0.821. The van der Waals surface area contributed by atoms with Gasteiger partial charge in [0.1, 0.15) is 0 Å². The highest BCUT2D eigenvalue weighted by atomic mass is 16.5. The molecule has 1 rings (SSSR count). The fourth-order valence-electron chi connectivity index (χ4n) is 1.07. The Balaban J connectivity index is 3.04. The van der Waals surface area contributed by atoms with E-state index < -0.39 is 0 Å². The zero-order chi connectivity index (χ0) is 8.97. The van der Waals surface area contributed by atoms with Gasteiger partial charge in [0, 0.05) is 0 Å². The minimum absolute atomic E-state index is 0.277. The molecule has 0 saturated carbocycles. The zero-order valence-electron chi connectivity index (χ0n) is 7.26. The molecule has 0 atom stereocenters. The molecule has 0 spiro atoms. The van der Waals surface area contributed by atoms with Gasteiger partial charge in [-0.25, -0.2) is 4.79 Å². The molecule has 0 unspecified atom stereocenters. The van der Waals surface area contributed by atoms with Gasteiger partial charge in [0.25, 0.3) is 0 Å². The van der Waals surface area contributed by atoms with Crippen molar-refractivity contribution in [3.05, 3.63) is 35.4 Å². The number of aryl methyl sites for hydroxylation is 1. The first kappa shape index (κ1) is 8.78. The number of ether oxygens (including phenoxy) is 1. The van der Waals surface area contributed by atoms with Gasteiger partial charge >= 0.3 is 5.97 Å². The van der Waals surface area contributed by atoms with Crippen molar-refractivity contribution in [3.8, 4) is 0 Å². The second kappa shape index (κ2) is 3.90. The van der Waals surface area contributed by atoms with Gasteiger partial charge in [-0.05, 0) is 24.1 Å². The predicted molar refractivity (Wildman–Crippen MR) is 46.0 cm³/mol. The maximum Gasteiger partial charge on any atom is 0.338 e. The summed E-state index contributed by atoms with van der Waals surface area (Å²) in [6.45, 7) is 2.00. The van der Waals surface area contributed by atoms with Gasteiger partial charge in [0.15, 0.2) is 0 Å². The Labute approximate surface area is 72.2 Å². The van der Waals surface area contributed by atoms with Crippen LogP contribution in [-0.4, -0.2) is 13.1 Å². The van der Waals surface area contributed by atoms with E-state index in [2.05, 4.69) is 10.8 Å². The normalized spacial score (nSPS) is 9.50. The maximum absolute atomic E-state index is 11.2. The van der Waals surface area contributed by atoms with Crippen LogP contribution in [0.5, 0.6) is 0 Å². The van der Waals surface area contributed by atoms with Crippen LogP contribution in [0.3, 0.4) is 0 Å². The van der Waals surface area contributed by atoms with E-state index in [4.69, 9.17) is 0 Å². The average molecular weight is 163 g/mol. The lowest BCUT2D eigenvalue weighted by molar-refractivity contribution is 0.0599. The van der Waals surface area contributed by atoms with Crippen LogP contribution in [0.2, 0.25) is 0 Å². The van der Waals surface area contributed by atoms with E-state index in [9.17, 15) is 4.79 Å². The summed E-state index contributed by atoms with van der Waals surface area (Å²) in [5, 5.41) is 0. The number of esters is 1. The Morgan fingerprint density at radius 3 is 3.00 bits per heavy atom. The minimum atomic E-state index is -0.277. The highest BCUT2D eigenvalue weighted by Gasteiger charge is 2.08. The molecular weight excluding hydrogens is 152 g/mol. The summed E-state index contributed by atoms with van der Waals surface area (Å²) >= 11 is 0. The van der Waals surface area contributed by atoms with E-state index >= 15 is 0 Å². The summed E-state index contributed by atoms with van der Waals surface area (Å²) in [5.41, 5.74) is 1.61. The van der Waals surface area contributed by atoms with Gasteiger partial charge < -0.3 is 4.74 Å². The van der Waals surface area contributed by atoms with Crippen molar-refractivity contribution in [1.82, 2.24) is 0 Å². The van der Waals surface area contributed by atoms with Crippen molar-refractivity contribution in [3.63, 3.8) is 0 Å². The molecule has 0 amide bonds. The van der Waals surface area contributed by atoms with Crippen molar-refractivity contribution < 1.29 is 9.53 Å². The Morgan fingerprint density at radius 2 is 2.42 bits per heavy atom. The summed E-state index contributed by atoms with van der Waals surface area (Å²) in [7, 11) is 1.39. The molecule has 0 aliphatic carbocycles. The second-order valence-electron chi connectivity index (χ2n) is 2.43. The van der Waals surface area contributed by atoms with Crippen molar-refractivity contribution in [2.24, 2.45) is 0 Å². The standard InChI is InChI=1S/C10H11O2/c1-3-8-6-4-5-7-9(8)10(11)12-2/h5-7H,3H2,1-2H3. The summed E-state index contributed by atoms with van der Waals surface area (Å²) in [5.74, 6) is -0.277. The Morgan fingerprint density at radius 1 is 1.67 bits per heavy atom. The number of hydrogen-bond acceptors (Lipinski definition) is 2. The van der Waals surface area contributed by atoms with Gasteiger partial charge in [-0.3, -0.25) is 0 Å². The predicted octanol–water partition coefficient (Wildman–Crippen LogP) is 1.84. The first-order valence-corrected chi connectivity index (χ1v) is 3.87. The maximum atomic E-state index is 11.2. The van der Waals surface area contributed by atoms with Crippen LogP contribution in [0.15, 0.2) is 18.2 Å². The van der Waals surface area contributed by atoms with Crippen LogP contribution in [0, 0.1) is 6.07 Å². The van der Waals surface area contributed by atoms with Crippen LogP contribution in [0.25, 0.3) is 0 Å². The van der Waals surface area contributed by atoms with Crippen LogP contribution < -0.4 is 0 Å². The molecule has 2 nitrogen and oxygen atoms in total. The molecule has 0 saturated heterocycles. The highest BCUT2D eigenvalue weighted by Crippen LogP contribution is 2.09. The number of methoxy groups -OCH3 is 1. The molecule has 1 aromatic rings. The topological polar surface area (TPSA) is 26.3 Å². The molecule has 2 heteroatoms. The number of benzene rings is 1. The summed E-state index contributed by atoms with van der Waals surface area (Å²) in [6, 6.07) is 8.18. The molecule has 0 N–H and O–H groups in total. The first-order chi connectivity index (χ1) is 5.79. The van der Waals surface area contributed by atoms with Crippen molar-refractivity contribution in [2.45, 2.75) is 13.3 Å². The van der Waals surface area contributed by atoms with Crippen molar-refractivity contribution >= 4 is 5.97 Å². The molecule has 0 bridgehead atoms. The number of carbonyl (C=O) groups is 1. The minimum Gasteiger partial charge on any atom is -0.465 e. The molecule has 0 aliphatic heterocycles. The molecule has 0 heterocycles. The molecule has 0 aromatic heterocycles. The van der Waals surface area contributed by atoms with Crippen LogP contribution >= 0.6 is 0 Å². The smallest absolute Gasteiger partial charge is 0.338 e. The van der Waals surface area contributed by atoms with E-state index in [-0.39, 0.29) is 5.97 Å². The second-order valence-corrected chi connectivity index (χ2v) is 2.43. The summed E-state index contributed by atoms with van der Waals surface area (Å²) in [4.78, 5) is 11.2. The Hall–Kier alpha value is -1.31. The average Bonchev–Trinajstić information content (AvgIpc) is 2.16. The quantitative estimate of drug-likeness (QED) is 0.622. The molecular formula is C10H11O2. The van der Waals surface area contributed by atoms with E-state index in [0.717, 1.165) is 12.0 Å². The lowest BCUT2D eigenvalue weighted by Crippen LogP contribution is -2.04. The third kappa shape index (κ3) is 1.64. The Kier molecular flexibility index (Phi) is 2.86. The lowest BCUT2D eigenvalue weighted by Gasteiger charge is -2.03. The van der Waals surface area contributed by atoms with Gasteiger partial charge in [-0.15, -0.1) is 0 Å². The van der Waals surface area contributed by atoms with Crippen molar-refractivity contribution in [2.75, 3.05) is 7.11 Å². The number of hydrogen-bond donors (Lipinski definition) is 0. The van der Waals surface area contributed by atoms with Gasteiger partial charge in [0.05, 0.1) is 12.7 Å². The molecule has 0 fully saturated rings. The zero-order valence-corrected chi connectivity index (χ0v) is 7.26. The van der Waals surface area contributed by atoms with Crippen LogP contribution in [0.1, 0.15) is 22.8 Å². The van der Waals surface area contributed by atoms with E-state index in [1.165, 1.54) is 7.11 Å². The molecule has 0 aliphatic rings. The van der Waals surface area contributed by atoms with Gasteiger partial charge in [-0.1, -0.05) is 19.1 Å². The van der Waals surface area contributed by atoms with E-state index in [1.54, 1.807) is 12.1 Å². The molecule has 12 heavy (non-hydrogen) atoms. The SMILES string of the molecule is CCc1c[c]ccc1C(=O)OC. The van der Waals surface area contributed by atoms with Crippen LogP contribution in [-0.2, 0) is 11.2 Å². The van der Waals surface area contributed by atoms with E-state index in [0.29, 0.717) is 5.56 Å². The van der Waals surface area contributed by atoms with Gasteiger partial charge in [0.2, 0.25) is 0 Å². The molecule has 1 aromatic carbocycles. The van der Waals surface area contributed by atoms with Crippen LogP contribution in [0.4, 0.5) is 0 Å². The summed E-state index contributed by atoms with van der Waals surface area (Å²) < 4.78 is 4.63. The molecule has 1 radical (unpaired) electrons. The fourth-order valence-corrected chi connectivity index (χ4v) is 1.07. The monoisotopic (exact) mass is 163 g/mol. The first-order valence-electron chi connectivity index (χ1n) is 3.87. The molecule has 63 valence electrons. The number of carbonyl (C=O) groups excluding carboxylic acids is 1. The number of rotatable bonds is 2.